The zero-order valence-electron chi connectivity index (χ0n) is 16.7. The fourth-order valence-electron chi connectivity index (χ4n) is 4.25. The van der Waals surface area contributed by atoms with Gasteiger partial charge in [0.1, 0.15) is 0 Å². The van der Waals surface area contributed by atoms with Crippen molar-refractivity contribution in [3.8, 4) is 0 Å². The van der Waals surface area contributed by atoms with Crippen LogP contribution in [0.1, 0.15) is 36.0 Å². The average molecular weight is 413 g/mol. The van der Waals surface area contributed by atoms with E-state index in [0.717, 1.165) is 24.8 Å². The number of amides is 1. The quantitative estimate of drug-likeness (QED) is 0.759. The molecule has 29 heavy (non-hydrogen) atoms. The summed E-state index contributed by atoms with van der Waals surface area (Å²) in [6, 6.07) is 15.6. The lowest BCUT2D eigenvalue weighted by Crippen LogP contribution is -2.50. The third-order valence-corrected chi connectivity index (χ3v) is 7.91. The van der Waals surface area contributed by atoms with Crippen molar-refractivity contribution < 1.29 is 13.2 Å². The van der Waals surface area contributed by atoms with Crippen LogP contribution in [0.2, 0.25) is 0 Å². The van der Waals surface area contributed by atoms with Crippen LogP contribution in [0.4, 0.5) is 0 Å². The maximum Gasteiger partial charge on any atom is 0.243 e. The Kier molecular flexibility index (Phi) is 6.01. The van der Waals surface area contributed by atoms with Gasteiger partial charge in [0.05, 0.1) is 4.90 Å². The maximum atomic E-state index is 13.1. The summed E-state index contributed by atoms with van der Waals surface area (Å²) in [6.45, 7) is 1.63. The Bertz CT molecular complexity index is 965. The number of rotatable bonds is 5. The maximum absolute atomic E-state index is 13.1. The summed E-state index contributed by atoms with van der Waals surface area (Å²) in [5.74, 6) is 0.0969. The molecule has 2 aromatic carbocycles. The molecule has 1 amide bonds. The van der Waals surface area contributed by atoms with Crippen molar-refractivity contribution in [2.24, 2.45) is 0 Å². The Morgan fingerprint density at radius 2 is 1.55 bits per heavy atom. The number of sulfonamides is 1. The van der Waals surface area contributed by atoms with Crippen LogP contribution >= 0.6 is 0 Å². The SMILES string of the molecule is O=C(CCc1ccccc1)N1CCN(S(=O)(=O)c2ccc3c(c2)CCCC3)CC1. The van der Waals surface area contributed by atoms with E-state index in [9.17, 15) is 13.2 Å². The van der Waals surface area contributed by atoms with Gasteiger partial charge in [-0.2, -0.15) is 4.31 Å². The lowest BCUT2D eigenvalue weighted by molar-refractivity contribution is -0.132. The van der Waals surface area contributed by atoms with Gasteiger partial charge in [-0.1, -0.05) is 36.4 Å². The van der Waals surface area contributed by atoms with Crippen LogP contribution in [0.5, 0.6) is 0 Å². The Labute approximate surface area is 173 Å². The molecular formula is C23H28N2O3S. The van der Waals surface area contributed by atoms with Crippen LogP contribution in [-0.4, -0.2) is 49.7 Å². The molecule has 1 heterocycles. The zero-order chi connectivity index (χ0) is 20.3. The molecule has 0 saturated carbocycles. The van der Waals surface area contributed by atoms with Crippen molar-refractivity contribution >= 4 is 15.9 Å². The van der Waals surface area contributed by atoms with E-state index >= 15 is 0 Å². The van der Waals surface area contributed by atoms with E-state index in [2.05, 4.69) is 0 Å². The van der Waals surface area contributed by atoms with Gasteiger partial charge >= 0.3 is 0 Å². The molecule has 1 fully saturated rings. The molecule has 0 N–H and O–H groups in total. The van der Waals surface area contributed by atoms with Crippen molar-refractivity contribution in [3.05, 3.63) is 65.2 Å². The monoisotopic (exact) mass is 412 g/mol. The number of fused-ring (bicyclic) bond motifs is 1. The predicted octanol–water partition coefficient (Wildman–Crippen LogP) is 3.03. The topological polar surface area (TPSA) is 57.7 Å². The molecule has 1 saturated heterocycles. The highest BCUT2D eigenvalue weighted by Crippen LogP contribution is 2.26. The Balaban J connectivity index is 1.35. The van der Waals surface area contributed by atoms with Crippen molar-refractivity contribution in [2.45, 2.75) is 43.4 Å². The first kappa shape index (κ1) is 20.1. The van der Waals surface area contributed by atoms with Gasteiger partial charge in [-0.25, -0.2) is 8.42 Å². The number of carbonyl (C=O) groups excluding carboxylic acids is 1. The second-order valence-electron chi connectivity index (χ2n) is 7.91. The van der Waals surface area contributed by atoms with Crippen molar-refractivity contribution in [1.29, 1.82) is 0 Å². The van der Waals surface area contributed by atoms with Crippen LogP contribution in [0.25, 0.3) is 0 Å². The van der Waals surface area contributed by atoms with E-state index in [1.54, 1.807) is 11.0 Å². The minimum atomic E-state index is -3.50. The summed E-state index contributed by atoms with van der Waals surface area (Å²) in [4.78, 5) is 14.7. The molecule has 0 aromatic heterocycles. The van der Waals surface area contributed by atoms with Gasteiger partial charge in [0.15, 0.2) is 0 Å². The number of nitrogens with zero attached hydrogens (tertiary/aromatic N) is 2. The van der Waals surface area contributed by atoms with Crippen molar-refractivity contribution in [1.82, 2.24) is 9.21 Å². The van der Waals surface area contributed by atoms with E-state index in [4.69, 9.17) is 0 Å². The molecule has 2 aliphatic rings. The van der Waals surface area contributed by atoms with Gasteiger partial charge in [0.25, 0.3) is 0 Å². The molecule has 0 atom stereocenters. The third kappa shape index (κ3) is 4.54. The molecule has 0 spiro atoms. The van der Waals surface area contributed by atoms with Gasteiger partial charge in [0, 0.05) is 32.6 Å². The van der Waals surface area contributed by atoms with Gasteiger partial charge < -0.3 is 4.90 Å². The summed E-state index contributed by atoms with van der Waals surface area (Å²) in [5.41, 5.74) is 3.60. The highest BCUT2D eigenvalue weighted by molar-refractivity contribution is 7.89. The predicted molar refractivity (Wildman–Crippen MR) is 113 cm³/mol. The molecule has 4 rings (SSSR count). The van der Waals surface area contributed by atoms with E-state index in [-0.39, 0.29) is 5.91 Å². The smallest absolute Gasteiger partial charge is 0.243 e. The molecular weight excluding hydrogens is 384 g/mol. The lowest BCUT2D eigenvalue weighted by Gasteiger charge is -2.34. The largest absolute Gasteiger partial charge is 0.340 e. The molecule has 1 aliphatic carbocycles. The van der Waals surface area contributed by atoms with Crippen molar-refractivity contribution in [3.63, 3.8) is 0 Å². The molecule has 6 heteroatoms. The molecule has 5 nitrogen and oxygen atoms in total. The number of hydrogen-bond acceptors (Lipinski definition) is 3. The van der Waals surface area contributed by atoms with E-state index in [0.29, 0.717) is 43.9 Å². The Morgan fingerprint density at radius 1 is 0.862 bits per heavy atom. The first-order valence-corrected chi connectivity index (χ1v) is 11.9. The summed E-state index contributed by atoms with van der Waals surface area (Å²) < 4.78 is 27.7. The molecule has 154 valence electrons. The second-order valence-corrected chi connectivity index (χ2v) is 9.85. The Morgan fingerprint density at radius 3 is 2.28 bits per heavy atom. The van der Waals surface area contributed by atoms with Gasteiger partial charge in [-0.15, -0.1) is 0 Å². The van der Waals surface area contributed by atoms with E-state index < -0.39 is 10.0 Å². The number of hydrogen-bond donors (Lipinski definition) is 0. The van der Waals surface area contributed by atoms with Crippen molar-refractivity contribution in [2.75, 3.05) is 26.2 Å². The normalized spacial score (nSPS) is 17.7. The first-order chi connectivity index (χ1) is 14.0. The average Bonchev–Trinajstić information content (AvgIpc) is 2.78. The fourth-order valence-corrected chi connectivity index (χ4v) is 5.72. The Hall–Kier alpha value is -2.18. The van der Waals surface area contributed by atoms with E-state index in [1.165, 1.54) is 21.9 Å². The first-order valence-electron chi connectivity index (χ1n) is 10.5. The zero-order valence-corrected chi connectivity index (χ0v) is 17.5. The highest BCUT2D eigenvalue weighted by atomic mass is 32.2. The van der Waals surface area contributed by atoms with Gasteiger partial charge in [0.2, 0.25) is 15.9 Å². The molecule has 2 aromatic rings. The van der Waals surface area contributed by atoms with Crippen LogP contribution < -0.4 is 0 Å². The summed E-state index contributed by atoms with van der Waals surface area (Å²) >= 11 is 0. The molecule has 0 radical (unpaired) electrons. The standard InChI is InChI=1S/C23H28N2O3S/c26-23(13-10-19-6-2-1-3-7-19)24-14-16-25(17-15-24)29(27,28)22-12-11-20-8-4-5-9-21(20)18-22/h1-3,6-7,11-12,18H,4-5,8-10,13-17H2. The summed E-state index contributed by atoms with van der Waals surface area (Å²) in [7, 11) is -3.50. The number of benzene rings is 2. The highest BCUT2D eigenvalue weighted by Gasteiger charge is 2.30. The van der Waals surface area contributed by atoms with Crippen LogP contribution in [0, 0.1) is 0 Å². The van der Waals surface area contributed by atoms with Crippen LogP contribution in [-0.2, 0) is 34.1 Å². The fraction of sp³-hybridized carbons (Fsp3) is 0.435. The third-order valence-electron chi connectivity index (χ3n) is 6.02. The number of aryl methyl sites for hydroxylation is 3. The van der Waals surface area contributed by atoms with Crippen LogP contribution in [0.3, 0.4) is 0 Å². The minimum Gasteiger partial charge on any atom is -0.340 e. The molecule has 1 aliphatic heterocycles. The van der Waals surface area contributed by atoms with E-state index in [1.807, 2.05) is 42.5 Å². The van der Waals surface area contributed by atoms with Gasteiger partial charge in [-0.3, -0.25) is 4.79 Å². The number of piperazine rings is 1. The molecule has 0 unspecified atom stereocenters. The minimum absolute atomic E-state index is 0.0969. The van der Waals surface area contributed by atoms with Crippen LogP contribution in [0.15, 0.2) is 53.4 Å². The molecule has 0 bridgehead atoms. The summed E-state index contributed by atoms with van der Waals surface area (Å²) in [5, 5.41) is 0. The second kappa shape index (κ2) is 8.67. The lowest BCUT2D eigenvalue weighted by atomic mass is 9.92. The van der Waals surface area contributed by atoms with Gasteiger partial charge in [-0.05, 0) is 60.9 Å². The number of carbonyl (C=O) groups is 1. The summed E-state index contributed by atoms with van der Waals surface area (Å²) in [6.07, 6.45) is 5.48.